The van der Waals surface area contributed by atoms with E-state index in [1.54, 1.807) is 0 Å². The van der Waals surface area contributed by atoms with Gasteiger partial charge in [-0.3, -0.25) is 0 Å². The van der Waals surface area contributed by atoms with Gasteiger partial charge in [-0.15, -0.1) is 0 Å². The minimum absolute atomic E-state index is 0.0442. The van der Waals surface area contributed by atoms with E-state index < -0.39 is 0 Å². The first kappa shape index (κ1) is 11.2. The zero-order chi connectivity index (χ0) is 10.8. The van der Waals surface area contributed by atoms with Gasteiger partial charge < -0.3 is 11.5 Å². The lowest BCUT2D eigenvalue weighted by molar-refractivity contribution is 0.587. The first-order valence-corrected chi connectivity index (χ1v) is 5.01. The van der Waals surface area contributed by atoms with Crippen LogP contribution in [0.5, 0.6) is 0 Å². The third kappa shape index (κ3) is 2.56. The average molecular weight is 192 g/mol. The summed E-state index contributed by atoms with van der Waals surface area (Å²) in [6.07, 6.45) is 0. The second-order valence-electron chi connectivity index (χ2n) is 4.72. The Balaban J connectivity index is 3.01. The summed E-state index contributed by atoms with van der Waals surface area (Å²) < 4.78 is 0. The molecule has 0 aliphatic heterocycles. The van der Waals surface area contributed by atoms with Crippen molar-refractivity contribution < 1.29 is 0 Å². The molecule has 0 aliphatic rings. The Bertz CT molecular complexity index is 299. The molecule has 0 saturated heterocycles. The molecule has 0 aliphatic carbocycles. The molecule has 78 valence electrons. The third-order valence-corrected chi connectivity index (χ3v) is 2.43. The molecule has 0 unspecified atom stereocenters. The van der Waals surface area contributed by atoms with E-state index >= 15 is 0 Å². The van der Waals surface area contributed by atoms with Crippen LogP contribution in [0.2, 0.25) is 0 Å². The Labute approximate surface area is 86.3 Å². The summed E-state index contributed by atoms with van der Waals surface area (Å²) in [5.74, 6) is 0. The molecule has 14 heavy (non-hydrogen) atoms. The van der Waals surface area contributed by atoms with Crippen LogP contribution in [0.15, 0.2) is 24.3 Å². The van der Waals surface area contributed by atoms with Gasteiger partial charge in [0.1, 0.15) is 0 Å². The molecule has 0 fully saturated rings. The van der Waals surface area contributed by atoms with E-state index in [4.69, 9.17) is 11.5 Å². The fourth-order valence-electron chi connectivity index (χ4n) is 1.37. The average Bonchev–Trinajstić information content (AvgIpc) is 2.15. The van der Waals surface area contributed by atoms with Crippen LogP contribution >= 0.6 is 0 Å². The summed E-state index contributed by atoms with van der Waals surface area (Å²) in [6.45, 7) is 7.08. The molecule has 0 saturated carbocycles. The van der Waals surface area contributed by atoms with Gasteiger partial charge in [0, 0.05) is 12.6 Å². The molecule has 2 nitrogen and oxygen atoms in total. The van der Waals surface area contributed by atoms with Crippen LogP contribution in [0.3, 0.4) is 0 Å². The minimum atomic E-state index is -0.0442. The molecule has 2 heteroatoms. The normalized spacial score (nSPS) is 14.1. The molecule has 0 spiro atoms. The number of benzene rings is 1. The van der Waals surface area contributed by atoms with Crippen molar-refractivity contribution >= 4 is 0 Å². The molecule has 0 amide bonds. The predicted octanol–water partition coefficient (Wildman–Crippen LogP) is 1.94. The lowest BCUT2D eigenvalue weighted by Gasteiger charge is -2.21. The van der Waals surface area contributed by atoms with Gasteiger partial charge in [-0.1, -0.05) is 45.0 Å². The second-order valence-corrected chi connectivity index (χ2v) is 4.72. The minimum Gasteiger partial charge on any atom is -0.329 e. The lowest BCUT2D eigenvalue weighted by atomic mass is 9.85. The highest BCUT2D eigenvalue weighted by molar-refractivity contribution is 5.30. The van der Waals surface area contributed by atoms with Crippen LogP contribution in [0.4, 0.5) is 0 Å². The molecule has 1 aromatic rings. The zero-order valence-corrected chi connectivity index (χ0v) is 9.25. The molecule has 1 atom stereocenters. The highest BCUT2D eigenvalue weighted by Gasteiger charge is 2.14. The zero-order valence-electron chi connectivity index (χ0n) is 9.25. The summed E-state index contributed by atoms with van der Waals surface area (Å²) >= 11 is 0. The Kier molecular flexibility index (Phi) is 3.29. The molecular formula is C12H20N2. The quantitative estimate of drug-likeness (QED) is 0.752. The molecule has 1 rings (SSSR count). The van der Waals surface area contributed by atoms with Crippen LogP contribution in [0, 0.1) is 0 Å². The van der Waals surface area contributed by atoms with Crippen molar-refractivity contribution in [2.24, 2.45) is 11.5 Å². The van der Waals surface area contributed by atoms with Crippen molar-refractivity contribution in [1.29, 1.82) is 0 Å². The Morgan fingerprint density at radius 2 is 1.93 bits per heavy atom. The number of hydrogen-bond donors (Lipinski definition) is 2. The summed E-state index contributed by atoms with van der Waals surface area (Å²) in [6, 6.07) is 8.32. The monoisotopic (exact) mass is 192 g/mol. The fraction of sp³-hybridized carbons (Fsp3) is 0.500. The number of hydrogen-bond acceptors (Lipinski definition) is 2. The van der Waals surface area contributed by atoms with Crippen molar-refractivity contribution in [2.45, 2.75) is 32.2 Å². The Hall–Kier alpha value is -0.860. The van der Waals surface area contributed by atoms with E-state index in [-0.39, 0.29) is 11.5 Å². The van der Waals surface area contributed by atoms with E-state index in [0.29, 0.717) is 6.54 Å². The highest BCUT2D eigenvalue weighted by Crippen LogP contribution is 2.24. The first-order chi connectivity index (χ1) is 6.45. The fourth-order valence-corrected chi connectivity index (χ4v) is 1.37. The van der Waals surface area contributed by atoms with Gasteiger partial charge in [0.25, 0.3) is 0 Å². The maximum absolute atomic E-state index is 5.88. The largest absolute Gasteiger partial charge is 0.329 e. The standard InChI is InChI=1S/C12H20N2/c1-12(2,3)10-6-4-5-9(7-10)11(14)8-13/h4-7,11H,8,13-14H2,1-3H3/t11-/m1/s1. The molecule has 0 radical (unpaired) electrons. The van der Waals surface area contributed by atoms with Gasteiger partial charge in [0.05, 0.1) is 0 Å². The van der Waals surface area contributed by atoms with E-state index in [9.17, 15) is 0 Å². The number of rotatable bonds is 2. The van der Waals surface area contributed by atoms with Crippen molar-refractivity contribution in [2.75, 3.05) is 6.54 Å². The molecule has 4 N–H and O–H groups in total. The van der Waals surface area contributed by atoms with E-state index in [1.165, 1.54) is 5.56 Å². The van der Waals surface area contributed by atoms with Crippen LogP contribution in [-0.2, 0) is 5.41 Å². The molecule has 0 aromatic heterocycles. The second kappa shape index (κ2) is 4.11. The molecular weight excluding hydrogens is 172 g/mol. The first-order valence-electron chi connectivity index (χ1n) is 5.01. The van der Waals surface area contributed by atoms with Gasteiger partial charge in [-0.05, 0) is 16.5 Å². The summed E-state index contributed by atoms with van der Waals surface area (Å²) in [7, 11) is 0. The lowest BCUT2D eigenvalue weighted by Crippen LogP contribution is -2.21. The van der Waals surface area contributed by atoms with Gasteiger partial charge in [0.15, 0.2) is 0 Å². The van der Waals surface area contributed by atoms with Gasteiger partial charge in [0.2, 0.25) is 0 Å². The summed E-state index contributed by atoms with van der Waals surface area (Å²) in [5, 5.41) is 0. The predicted molar refractivity (Wildman–Crippen MR) is 61.1 cm³/mol. The smallest absolute Gasteiger partial charge is 0.0419 e. The molecule has 0 heterocycles. The van der Waals surface area contributed by atoms with Crippen molar-refractivity contribution in [3.05, 3.63) is 35.4 Å². The SMILES string of the molecule is CC(C)(C)c1cccc([C@H](N)CN)c1. The maximum atomic E-state index is 5.88. The Morgan fingerprint density at radius 1 is 1.29 bits per heavy atom. The molecule has 1 aromatic carbocycles. The topological polar surface area (TPSA) is 52.0 Å². The van der Waals surface area contributed by atoms with E-state index in [0.717, 1.165) is 5.56 Å². The molecule has 0 bridgehead atoms. The highest BCUT2D eigenvalue weighted by atomic mass is 14.7. The van der Waals surface area contributed by atoms with Crippen molar-refractivity contribution in [1.82, 2.24) is 0 Å². The number of nitrogens with two attached hydrogens (primary N) is 2. The van der Waals surface area contributed by atoms with Crippen molar-refractivity contribution in [3.63, 3.8) is 0 Å². The van der Waals surface area contributed by atoms with Crippen LogP contribution in [-0.4, -0.2) is 6.54 Å². The van der Waals surface area contributed by atoms with Crippen LogP contribution in [0.1, 0.15) is 37.9 Å². The van der Waals surface area contributed by atoms with Gasteiger partial charge in [-0.25, -0.2) is 0 Å². The Morgan fingerprint density at radius 3 is 2.43 bits per heavy atom. The van der Waals surface area contributed by atoms with Crippen molar-refractivity contribution in [3.8, 4) is 0 Å². The van der Waals surface area contributed by atoms with E-state index in [2.05, 4.69) is 32.9 Å². The van der Waals surface area contributed by atoms with Crippen LogP contribution in [0.25, 0.3) is 0 Å². The third-order valence-electron chi connectivity index (χ3n) is 2.43. The van der Waals surface area contributed by atoms with Gasteiger partial charge >= 0.3 is 0 Å². The van der Waals surface area contributed by atoms with E-state index in [1.807, 2.05) is 12.1 Å². The summed E-state index contributed by atoms with van der Waals surface area (Å²) in [4.78, 5) is 0. The summed E-state index contributed by atoms with van der Waals surface area (Å²) in [5.41, 5.74) is 14.0. The maximum Gasteiger partial charge on any atom is 0.0419 e. The van der Waals surface area contributed by atoms with Crippen LogP contribution < -0.4 is 11.5 Å². The van der Waals surface area contributed by atoms with Gasteiger partial charge in [-0.2, -0.15) is 0 Å².